The van der Waals surface area contributed by atoms with Crippen LogP contribution in [0.2, 0.25) is 0 Å². The van der Waals surface area contributed by atoms with Crippen molar-refractivity contribution in [2.75, 3.05) is 0 Å². The molecule has 23 heavy (non-hydrogen) atoms. The van der Waals surface area contributed by atoms with Crippen LogP contribution in [-0.2, 0) is 6.54 Å². The summed E-state index contributed by atoms with van der Waals surface area (Å²) in [5.74, 6) is -0.973. The van der Waals surface area contributed by atoms with E-state index < -0.39 is 5.97 Å². The van der Waals surface area contributed by atoms with Crippen LogP contribution in [0.5, 0.6) is 0 Å². The second kappa shape index (κ2) is 6.81. The maximum atomic E-state index is 11.0. The number of rotatable bonds is 4. The lowest BCUT2D eigenvalue weighted by Gasteiger charge is -2.39. The van der Waals surface area contributed by atoms with Gasteiger partial charge in [0, 0.05) is 29.6 Å². The van der Waals surface area contributed by atoms with E-state index in [1.807, 2.05) is 12.1 Å². The molecule has 1 saturated heterocycles. The normalized spacial score (nSPS) is 22.2. The van der Waals surface area contributed by atoms with Crippen LogP contribution in [0.4, 0.5) is 0 Å². The third kappa shape index (κ3) is 3.62. The summed E-state index contributed by atoms with van der Waals surface area (Å²) in [5.41, 5.74) is 2.38. The van der Waals surface area contributed by atoms with Crippen LogP contribution in [0, 0.1) is 0 Å². The van der Waals surface area contributed by atoms with Crippen LogP contribution >= 0.6 is 11.3 Å². The largest absolute Gasteiger partial charge is 0.476 e. The van der Waals surface area contributed by atoms with Crippen molar-refractivity contribution in [2.24, 2.45) is 0 Å². The molecular weight excluding hydrogens is 308 g/mol. The molecule has 4 nitrogen and oxygen atoms in total. The van der Waals surface area contributed by atoms with Gasteiger partial charge in [0.1, 0.15) is 5.01 Å². The molecule has 1 N–H and O–H groups in total. The zero-order chi connectivity index (χ0) is 16.4. The third-order valence-electron chi connectivity index (χ3n) is 4.64. The Morgan fingerprint density at radius 3 is 2.74 bits per heavy atom. The molecular formula is C18H22N2O2S. The van der Waals surface area contributed by atoms with E-state index in [1.165, 1.54) is 36.2 Å². The van der Waals surface area contributed by atoms with Crippen molar-refractivity contribution in [1.82, 2.24) is 9.88 Å². The minimum Gasteiger partial charge on any atom is -0.476 e. The maximum Gasteiger partial charge on any atom is 0.355 e. The minimum absolute atomic E-state index is 0.119. The van der Waals surface area contributed by atoms with Crippen molar-refractivity contribution in [1.29, 1.82) is 0 Å². The van der Waals surface area contributed by atoms with Crippen molar-refractivity contribution in [2.45, 2.75) is 51.7 Å². The number of carbonyl (C=O) groups is 1. The van der Waals surface area contributed by atoms with Crippen LogP contribution in [0.1, 0.15) is 49.2 Å². The Kier molecular flexibility index (Phi) is 4.78. The van der Waals surface area contributed by atoms with Gasteiger partial charge in [0.2, 0.25) is 0 Å². The molecule has 2 atom stereocenters. The van der Waals surface area contributed by atoms with E-state index in [-0.39, 0.29) is 5.69 Å². The molecule has 2 heterocycles. The number of carboxylic acids is 1. The van der Waals surface area contributed by atoms with Crippen LogP contribution in [-0.4, -0.2) is 33.0 Å². The van der Waals surface area contributed by atoms with Gasteiger partial charge in [0.05, 0.1) is 0 Å². The van der Waals surface area contributed by atoms with Gasteiger partial charge < -0.3 is 5.11 Å². The summed E-state index contributed by atoms with van der Waals surface area (Å²) in [6.07, 6.45) is 3.84. The Balaban J connectivity index is 1.80. The van der Waals surface area contributed by atoms with Gasteiger partial charge in [-0.25, -0.2) is 9.78 Å². The van der Waals surface area contributed by atoms with E-state index in [2.05, 4.69) is 35.9 Å². The molecule has 0 amide bonds. The van der Waals surface area contributed by atoms with Crippen LogP contribution in [0.25, 0.3) is 10.6 Å². The van der Waals surface area contributed by atoms with Gasteiger partial charge in [-0.1, -0.05) is 24.6 Å². The third-order valence-corrected chi connectivity index (χ3v) is 5.53. The molecule has 0 saturated carbocycles. The first kappa shape index (κ1) is 16.1. The molecule has 2 aromatic rings. The zero-order valence-electron chi connectivity index (χ0n) is 13.5. The fourth-order valence-corrected chi connectivity index (χ4v) is 4.10. The number of benzene rings is 1. The molecule has 0 bridgehead atoms. The summed E-state index contributed by atoms with van der Waals surface area (Å²) in [4.78, 5) is 17.8. The number of hydrogen-bond acceptors (Lipinski definition) is 4. The highest BCUT2D eigenvalue weighted by atomic mass is 32.1. The number of aromatic carboxylic acids is 1. The second-order valence-corrected chi connectivity index (χ2v) is 7.20. The molecule has 5 heteroatoms. The van der Waals surface area contributed by atoms with Crippen LogP contribution in [0.15, 0.2) is 29.6 Å². The van der Waals surface area contributed by atoms with E-state index in [4.69, 9.17) is 5.11 Å². The lowest BCUT2D eigenvalue weighted by atomic mass is 9.96. The highest BCUT2D eigenvalue weighted by molar-refractivity contribution is 7.13. The fraction of sp³-hybridized carbons (Fsp3) is 0.444. The van der Waals surface area contributed by atoms with E-state index in [9.17, 15) is 4.79 Å². The second-order valence-electron chi connectivity index (χ2n) is 6.34. The summed E-state index contributed by atoms with van der Waals surface area (Å²) < 4.78 is 0. The molecule has 0 aliphatic carbocycles. The first-order valence-corrected chi connectivity index (χ1v) is 8.96. The average molecular weight is 330 g/mol. The van der Waals surface area contributed by atoms with E-state index in [0.717, 1.165) is 17.1 Å². The monoisotopic (exact) mass is 330 g/mol. The topological polar surface area (TPSA) is 53.4 Å². The number of piperidine rings is 1. The molecule has 1 fully saturated rings. The number of nitrogens with zero attached hydrogens (tertiary/aromatic N) is 2. The van der Waals surface area contributed by atoms with Crippen molar-refractivity contribution < 1.29 is 9.90 Å². The lowest BCUT2D eigenvalue weighted by Crippen LogP contribution is -2.42. The van der Waals surface area contributed by atoms with Crippen molar-refractivity contribution in [3.8, 4) is 10.6 Å². The summed E-state index contributed by atoms with van der Waals surface area (Å²) in [6.45, 7) is 5.55. The van der Waals surface area contributed by atoms with Gasteiger partial charge in [-0.15, -0.1) is 11.3 Å². The Hall–Kier alpha value is -1.72. The highest BCUT2D eigenvalue weighted by Crippen LogP contribution is 2.28. The predicted octanol–water partition coefficient (Wildman–Crippen LogP) is 4.27. The van der Waals surface area contributed by atoms with Crippen molar-refractivity contribution in [3.05, 3.63) is 40.9 Å². The average Bonchev–Trinajstić information content (AvgIpc) is 3.02. The Labute approximate surface area is 140 Å². The molecule has 2 unspecified atom stereocenters. The Morgan fingerprint density at radius 1 is 1.35 bits per heavy atom. The van der Waals surface area contributed by atoms with Crippen LogP contribution in [0.3, 0.4) is 0 Å². The molecule has 1 aliphatic rings. The summed E-state index contributed by atoms with van der Waals surface area (Å²) in [5, 5.41) is 11.4. The molecule has 0 spiro atoms. The summed E-state index contributed by atoms with van der Waals surface area (Å²) in [6, 6.07) is 9.53. The minimum atomic E-state index is -0.973. The summed E-state index contributed by atoms with van der Waals surface area (Å²) >= 11 is 1.38. The highest BCUT2D eigenvalue weighted by Gasteiger charge is 2.24. The quantitative estimate of drug-likeness (QED) is 0.909. The van der Waals surface area contributed by atoms with E-state index in [0.29, 0.717) is 12.1 Å². The van der Waals surface area contributed by atoms with E-state index in [1.54, 1.807) is 5.38 Å². The number of aromatic nitrogens is 1. The van der Waals surface area contributed by atoms with Gasteiger partial charge in [0.25, 0.3) is 0 Å². The molecule has 0 radical (unpaired) electrons. The predicted molar refractivity (Wildman–Crippen MR) is 92.8 cm³/mol. The van der Waals surface area contributed by atoms with Crippen molar-refractivity contribution in [3.63, 3.8) is 0 Å². The van der Waals surface area contributed by atoms with Crippen molar-refractivity contribution >= 4 is 17.3 Å². The zero-order valence-corrected chi connectivity index (χ0v) is 14.3. The first-order valence-electron chi connectivity index (χ1n) is 8.08. The number of likely N-dealkylation sites (tertiary alicyclic amines) is 1. The number of hydrogen-bond donors (Lipinski definition) is 1. The Morgan fingerprint density at radius 2 is 2.09 bits per heavy atom. The van der Waals surface area contributed by atoms with Gasteiger partial charge >= 0.3 is 5.97 Å². The van der Waals surface area contributed by atoms with Gasteiger partial charge in [-0.2, -0.15) is 0 Å². The smallest absolute Gasteiger partial charge is 0.355 e. The number of carboxylic acid groups (broad SMARTS) is 1. The van der Waals surface area contributed by atoms with Gasteiger partial charge in [-0.3, -0.25) is 4.90 Å². The SMILES string of the molecule is CC1CCCC(C)N1Cc1cccc(-c2nc(C(=O)O)cs2)c1. The summed E-state index contributed by atoms with van der Waals surface area (Å²) in [7, 11) is 0. The van der Waals surface area contributed by atoms with Gasteiger partial charge in [-0.05, 0) is 38.3 Å². The standard InChI is InChI=1S/C18H22N2O2S/c1-12-5-3-6-13(2)20(12)10-14-7-4-8-15(9-14)17-19-16(11-23-17)18(21)22/h4,7-9,11-13H,3,5-6,10H2,1-2H3,(H,21,22). The maximum absolute atomic E-state index is 11.0. The van der Waals surface area contributed by atoms with E-state index >= 15 is 0 Å². The first-order chi connectivity index (χ1) is 11.0. The molecule has 1 aliphatic heterocycles. The number of thiazole rings is 1. The lowest BCUT2D eigenvalue weighted by molar-refractivity contribution is 0.0691. The van der Waals surface area contributed by atoms with Gasteiger partial charge in [0.15, 0.2) is 5.69 Å². The molecule has 1 aromatic carbocycles. The fourth-order valence-electron chi connectivity index (χ4n) is 3.30. The molecule has 122 valence electrons. The molecule has 1 aromatic heterocycles. The Bertz CT molecular complexity index is 688. The van der Waals surface area contributed by atoms with Crippen LogP contribution < -0.4 is 0 Å². The molecule has 3 rings (SSSR count).